The van der Waals surface area contributed by atoms with Gasteiger partial charge >= 0.3 is 0 Å². The minimum Gasteiger partial charge on any atom is -0.303 e. The lowest BCUT2D eigenvalue weighted by molar-refractivity contribution is 0.322. The number of imidazole rings is 1. The number of rotatable bonds is 4. The van der Waals surface area contributed by atoms with Crippen molar-refractivity contribution in [2.75, 3.05) is 0 Å². The Hall–Kier alpha value is -2.75. The second kappa shape index (κ2) is 7.19. The van der Waals surface area contributed by atoms with Crippen LogP contribution in [0.2, 0.25) is 0 Å². The number of nitrogens with zero attached hydrogens (tertiary/aromatic N) is 3. The zero-order valence-corrected chi connectivity index (χ0v) is 17.1. The van der Waals surface area contributed by atoms with E-state index in [-0.39, 0.29) is 5.82 Å². The van der Waals surface area contributed by atoms with Crippen molar-refractivity contribution in [2.24, 2.45) is 5.92 Å². The third-order valence-electron chi connectivity index (χ3n) is 7.27. The molecule has 0 N–H and O–H groups in total. The standard InChI is InChI=1S/C26H26FN3/c27-24-3-1-2-23-21(12-13-29-26(23)24)18-6-4-17(5-7-18)14-25-22(19-8-9-19)11-10-20-15-28-16-30(20)25/h1-3,10-13,15-19H,4-9,14H2. The normalized spacial score (nSPS) is 22.0. The average Bonchev–Trinajstić information content (AvgIpc) is 3.50. The SMILES string of the molecule is Fc1cccc2c(C3CCC(Cc4c(C5CC5)ccc5cncn45)CC3)ccnc12. The highest BCUT2D eigenvalue weighted by Gasteiger charge is 2.30. The van der Waals surface area contributed by atoms with E-state index in [1.54, 1.807) is 17.8 Å². The highest BCUT2D eigenvalue weighted by atomic mass is 19.1. The maximum absolute atomic E-state index is 14.2. The average molecular weight is 400 g/mol. The predicted molar refractivity (Wildman–Crippen MR) is 117 cm³/mol. The van der Waals surface area contributed by atoms with E-state index in [1.165, 1.54) is 61.4 Å². The van der Waals surface area contributed by atoms with Gasteiger partial charge in [-0.2, -0.15) is 0 Å². The van der Waals surface area contributed by atoms with Crippen molar-refractivity contribution in [3.63, 3.8) is 0 Å². The highest BCUT2D eigenvalue weighted by Crippen LogP contribution is 2.44. The molecule has 0 radical (unpaired) electrons. The Balaban J connectivity index is 1.23. The third-order valence-corrected chi connectivity index (χ3v) is 7.27. The molecule has 3 aromatic heterocycles. The molecule has 0 aliphatic heterocycles. The Morgan fingerprint density at radius 2 is 1.70 bits per heavy atom. The maximum Gasteiger partial charge on any atom is 0.149 e. The van der Waals surface area contributed by atoms with E-state index in [0.717, 1.165) is 17.7 Å². The Morgan fingerprint density at radius 1 is 0.900 bits per heavy atom. The Morgan fingerprint density at radius 3 is 2.53 bits per heavy atom. The van der Waals surface area contributed by atoms with Gasteiger partial charge in [0.1, 0.15) is 11.3 Å². The van der Waals surface area contributed by atoms with Crippen LogP contribution in [0.15, 0.2) is 55.1 Å². The van der Waals surface area contributed by atoms with Crippen molar-refractivity contribution in [2.45, 2.75) is 56.8 Å². The van der Waals surface area contributed by atoms with Crippen molar-refractivity contribution in [1.29, 1.82) is 0 Å². The Kier molecular flexibility index (Phi) is 4.33. The number of aromatic nitrogens is 3. The smallest absolute Gasteiger partial charge is 0.149 e. The summed E-state index contributed by atoms with van der Waals surface area (Å²) in [5.41, 5.74) is 6.00. The van der Waals surface area contributed by atoms with Gasteiger partial charge in [0.2, 0.25) is 0 Å². The van der Waals surface area contributed by atoms with Crippen LogP contribution in [-0.4, -0.2) is 14.4 Å². The lowest BCUT2D eigenvalue weighted by Crippen LogP contribution is -2.17. The number of hydrogen-bond acceptors (Lipinski definition) is 2. The van der Waals surface area contributed by atoms with Gasteiger partial charge in [0.25, 0.3) is 0 Å². The molecule has 2 fully saturated rings. The second-order valence-corrected chi connectivity index (χ2v) is 9.16. The molecule has 3 nitrogen and oxygen atoms in total. The number of fused-ring (bicyclic) bond motifs is 2. The van der Waals surface area contributed by atoms with E-state index in [0.29, 0.717) is 17.4 Å². The molecule has 3 heterocycles. The summed E-state index contributed by atoms with van der Waals surface area (Å²) in [6, 6.07) is 12.0. The predicted octanol–water partition coefficient (Wildman–Crippen LogP) is 6.42. The second-order valence-electron chi connectivity index (χ2n) is 9.16. The molecule has 4 heteroatoms. The van der Waals surface area contributed by atoms with Gasteiger partial charge < -0.3 is 4.40 Å². The van der Waals surface area contributed by atoms with Crippen LogP contribution in [0.25, 0.3) is 16.4 Å². The molecule has 152 valence electrons. The van der Waals surface area contributed by atoms with Gasteiger partial charge in [-0.05, 0) is 92.0 Å². The molecular formula is C26H26FN3. The zero-order valence-electron chi connectivity index (χ0n) is 17.1. The van der Waals surface area contributed by atoms with E-state index in [2.05, 4.69) is 32.6 Å². The summed E-state index contributed by atoms with van der Waals surface area (Å²) < 4.78 is 16.5. The van der Waals surface area contributed by atoms with Crippen LogP contribution in [0, 0.1) is 11.7 Å². The molecule has 2 saturated carbocycles. The molecule has 0 spiro atoms. The molecule has 6 rings (SSSR count). The molecule has 2 aliphatic rings. The van der Waals surface area contributed by atoms with Gasteiger partial charge in [-0.3, -0.25) is 4.98 Å². The minimum absolute atomic E-state index is 0.218. The largest absolute Gasteiger partial charge is 0.303 e. The van der Waals surface area contributed by atoms with Crippen LogP contribution in [0.5, 0.6) is 0 Å². The van der Waals surface area contributed by atoms with Crippen LogP contribution < -0.4 is 0 Å². The fourth-order valence-electron chi connectivity index (χ4n) is 5.52. The van der Waals surface area contributed by atoms with Gasteiger partial charge in [-0.15, -0.1) is 0 Å². The summed E-state index contributed by atoms with van der Waals surface area (Å²) in [6.45, 7) is 0. The monoisotopic (exact) mass is 399 g/mol. The Bertz CT molecular complexity index is 1220. The third kappa shape index (κ3) is 3.10. The van der Waals surface area contributed by atoms with Crippen LogP contribution in [0.3, 0.4) is 0 Å². The molecule has 0 amide bonds. The fourth-order valence-corrected chi connectivity index (χ4v) is 5.52. The summed E-state index contributed by atoms with van der Waals surface area (Å²) in [4.78, 5) is 8.67. The number of halogens is 1. The molecule has 0 bridgehead atoms. The van der Waals surface area contributed by atoms with Crippen molar-refractivity contribution in [3.8, 4) is 0 Å². The van der Waals surface area contributed by atoms with Crippen LogP contribution in [-0.2, 0) is 6.42 Å². The van der Waals surface area contributed by atoms with E-state index in [4.69, 9.17) is 0 Å². The minimum atomic E-state index is -0.218. The number of hydrogen-bond donors (Lipinski definition) is 0. The van der Waals surface area contributed by atoms with Gasteiger partial charge in [-0.25, -0.2) is 9.37 Å². The first-order chi connectivity index (χ1) is 14.8. The first-order valence-corrected chi connectivity index (χ1v) is 11.2. The van der Waals surface area contributed by atoms with Gasteiger partial charge in [-0.1, -0.05) is 18.2 Å². The van der Waals surface area contributed by atoms with Crippen molar-refractivity contribution in [3.05, 3.63) is 77.8 Å². The van der Waals surface area contributed by atoms with Crippen molar-refractivity contribution < 1.29 is 4.39 Å². The number of para-hydroxylation sites is 1. The van der Waals surface area contributed by atoms with Crippen LogP contribution >= 0.6 is 0 Å². The summed E-state index contributed by atoms with van der Waals surface area (Å²) in [7, 11) is 0. The first kappa shape index (κ1) is 18.1. The van der Waals surface area contributed by atoms with Crippen LogP contribution in [0.4, 0.5) is 4.39 Å². The van der Waals surface area contributed by atoms with E-state index >= 15 is 0 Å². The fraction of sp³-hybridized carbons (Fsp3) is 0.385. The first-order valence-electron chi connectivity index (χ1n) is 11.2. The van der Waals surface area contributed by atoms with Gasteiger partial charge in [0.15, 0.2) is 0 Å². The van der Waals surface area contributed by atoms with Crippen LogP contribution in [0.1, 0.15) is 67.2 Å². The highest BCUT2D eigenvalue weighted by molar-refractivity contribution is 5.83. The van der Waals surface area contributed by atoms with Crippen molar-refractivity contribution >= 4 is 16.4 Å². The quantitative estimate of drug-likeness (QED) is 0.397. The number of pyridine rings is 2. The van der Waals surface area contributed by atoms with E-state index < -0.39 is 0 Å². The molecular weight excluding hydrogens is 373 g/mol. The number of benzene rings is 1. The summed E-state index contributed by atoms with van der Waals surface area (Å²) in [5, 5.41) is 0.986. The lowest BCUT2D eigenvalue weighted by Gasteiger charge is -2.30. The molecule has 1 aromatic carbocycles. The molecule has 4 aromatic rings. The molecule has 2 aliphatic carbocycles. The summed E-state index contributed by atoms with van der Waals surface area (Å²) in [5.74, 6) is 1.74. The van der Waals surface area contributed by atoms with E-state index in [1.807, 2.05) is 18.6 Å². The summed E-state index contributed by atoms with van der Waals surface area (Å²) in [6.07, 6.45) is 14.3. The topological polar surface area (TPSA) is 30.2 Å². The van der Waals surface area contributed by atoms with Gasteiger partial charge in [0, 0.05) is 17.3 Å². The lowest BCUT2D eigenvalue weighted by atomic mass is 9.76. The molecule has 0 unspecified atom stereocenters. The molecule has 30 heavy (non-hydrogen) atoms. The van der Waals surface area contributed by atoms with E-state index in [9.17, 15) is 4.39 Å². The van der Waals surface area contributed by atoms with Gasteiger partial charge in [0.05, 0.1) is 18.0 Å². The Labute approximate surface area is 176 Å². The van der Waals surface area contributed by atoms with Crippen molar-refractivity contribution in [1.82, 2.24) is 14.4 Å². The maximum atomic E-state index is 14.2. The molecule has 0 atom stereocenters. The zero-order chi connectivity index (χ0) is 20.1. The molecule has 0 saturated heterocycles. The summed E-state index contributed by atoms with van der Waals surface area (Å²) >= 11 is 0.